The second-order valence-electron chi connectivity index (χ2n) is 2.62. The Hall–Kier alpha value is -1.23. The number of pyridine rings is 1. The van der Waals surface area contributed by atoms with E-state index in [4.69, 9.17) is 11.6 Å². The molecule has 15 heavy (non-hydrogen) atoms. The van der Waals surface area contributed by atoms with Gasteiger partial charge >= 0.3 is 5.97 Å². The molecule has 0 saturated heterocycles. The first-order chi connectivity index (χ1) is 7.04. The van der Waals surface area contributed by atoms with Gasteiger partial charge in [0, 0.05) is 0 Å². The molecule has 0 amide bonds. The molecule has 0 aliphatic carbocycles. The number of rotatable bonds is 3. The lowest BCUT2D eigenvalue weighted by Crippen LogP contribution is -2.06. The fraction of sp³-hybridized carbons (Fsp3) is 0.333. The third-order valence-corrected chi connectivity index (χ3v) is 1.74. The van der Waals surface area contributed by atoms with Crippen molar-refractivity contribution < 1.29 is 18.3 Å². The van der Waals surface area contributed by atoms with Crippen molar-refractivity contribution in [1.29, 1.82) is 0 Å². The first-order valence-corrected chi connectivity index (χ1v) is 4.55. The molecule has 0 fully saturated rings. The van der Waals surface area contributed by atoms with Crippen LogP contribution in [0.2, 0.25) is 5.15 Å². The summed E-state index contributed by atoms with van der Waals surface area (Å²) in [7, 11) is 0. The number of nitrogens with zero attached hydrogens (tertiary/aromatic N) is 1. The molecule has 0 bridgehead atoms. The molecule has 0 saturated carbocycles. The van der Waals surface area contributed by atoms with Crippen molar-refractivity contribution in [3.05, 3.63) is 28.5 Å². The average molecular weight is 236 g/mol. The van der Waals surface area contributed by atoms with E-state index >= 15 is 0 Å². The second-order valence-corrected chi connectivity index (χ2v) is 3.01. The number of alkyl halides is 2. The van der Waals surface area contributed by atoms with Gasteiger partial charge in [0.25, 0.3) is 6.43 Å². The minimum absolute atomic E-state index is 0.0212. The summed E-state index contributed by atoms with van der Waals surface area (Å²) in [6.45, 7) is 1.79. The number of aromatic nitrogens is 1. The molecular weight excluding hydrogens is 228 g/mol. The molecule has 1 rings (SSSR count). The molecule has 6 heteroatoms. The van der Waals surface area contributed by atoms with Gasteiger partial charge in [-0.2, -0.15) is 0 Å². The molecule has 82 valence electrons. The van der Waals surface area contributed by atoms with Gasteiger partial charge in [-0.3, -0.25) is 0 Å². The molecule has 3 nitrogen and oxygen atoms in total. The van der Waals surface area contributed by atoms with Gasteiger partial charge in [0.15, 0.2) is 0 Å². The van der Waals surface area contributed by atoms with Crippen LogP contribution in [0.3, 0.4) is 0 Å². The maximum atomic E-state index is 12.3. The van der Waals surface area contributed by atoms with Crippen LogP contribution in [-0.4, -0.2) is 17.6 Å². The van der Waals surface area contributed by atoms with Crippen LogP contribution in [0.4, 0.5) is 8.78 Å². The monoisotopic (exact) mass is 235 g/mol. The smallest absolute Gasteiger partial charge is 0.338 e. The topological polar surface area (TPSA) is 39.2 Å². The van der Waals surface area contributed by atoms with Gasteiger partial charge in [-0.1, -0.05) is 11.6 Å². The van der Waals surface area contributed by atoms with E-state index in [0.29, 0.717) is 0 Å². The third kappa shape index (κ3) is 3.13. The Balaban J connectivity index is 3.03. The van der Waals surface area contributed by atoms with Crippen molar-refractivity contribution in [1.82, 2.24) is 4.98 Å². The molecular formula is C9H8ClF2NO2. The van der Waals surface area contributed by atoms with Crippen LogP contribution < -0.4 is 0 Å². The van der Waals surface area contributed by atoms with Crippen LogP contribution in [0.1, 0.15) is 29.4 Å². The zero-order valence-corrected chi connectivity index (χ0v) is 8.59. The molecule has 1 aromatic heterocycles. The average Bonchev–Trinajstić information content (AvgIpc) is 2.17. The fourth-order valence-electron chi connectivity index (χ4n) is 0.961. The van der Waals surface area contributed by atoms with E-state index in [2.05, 4.69) is 9.72 Å². The van der Waals surface area contributed by atoms with E-state index in [-0.39, 0.29) is 17.3 Å². The highest BCUT2D eigenvalue weighted by Crippen LogP contribution is 2.20. The van der Waals surface area contributed by atoms with E-state index in [1.807, 2.05) is 0 Å². The first kappa shape index (κ1) is 11.8. The molecule has 0 aliphatic rings. The SMILES string of the molecule is CCOC(=O)c1cc(Cl)nc(C(F)F)c1. The maximum absolute atomic E-state index is 12.3. The largest absolute Gasteiger partial charge is 0.462 e. The highest BCUT2D eigenvalue weighted by Gasteiger charge is 2.15. The Morgan fingerprint density at radius 1 is 1.60 bits per heavy atom. The summed E-state index contributed by atoms with van der Waals surface area (Å²) in [4.78, 5) is 14.6. The maximum Gasteiger partial charge on any atom is 0.338 e. The van der Waals surface area contributed by atoms with E-state index < -0.39 is 18.1 Å². The molecule has 0 N–H and O–H groups in total. The van der Waals surface area contributed by atoms with Crippen molar-refractivity contribution >= 4 is 17.6 Å². The van der Waals surface area contributed by atoms with Gasteiger partial charge in [0.2, 0.25) is 0 Å². The predicted molar refractivity (Wildman–Crippen MR) is 50.2 cm³/mol. The summed E-state index contributed by atoms with van der Waals surface area (Å²) in [5.74, 6) is -0.691. The number of carbonyl (C=O) groups is 1. The Bertz CT molecular complexity index is 371. The van der Waals surface area contributed by atoms with Gasteiger partial charge in [0.1, 0.15) is 10.8 Å². The summed E-state index contributed by atoms with van der Waals surface area (Å²) in [5.41, 5.74) is -0.558. The normalized spacial score (nSPS) is 10.5. The van der Waals surface area contributed by atoms with Crippen molar-refractivity contribution in [2.45, 2.75) is 13.3 Å². The summed E-state index contributed by atoms with van der Waals surface area (Å²) in [5, 5.41) is -0.157. The van der Waals surface area contributed by atoms with Crippen LogP contribution in [0.15, 0.2) is 12.1 Å². The van der Waals surface area contributed by atoms with E-state index in [0.717, 1.165) is 6.07 Å². The van der Waals surface area contributed by atoms with Gasteiger partial charge in [0.05, 0.1) is 12.2 Å². The highest BCUT2D eigenvalue weighted by atomic mass is 35.5. The zero-order valence-electron chi connectivity index (χ0n) is 7.84. The fourth-order valence-corrected chi connectivity index (χ4v) is 1.18. The van der Waals surface area contributed by atoms with Crippen LogP contribution in [0.25, 0.3) is 0 Å². The Labute approximate surface area is 90.0 Å². The number of hydrogen-bond acceptors (Lipinski definition) is 3. The van der Waals surface area contributed by atoms with E-state index in [1.165, 1.54) is 6.07 Å². The summed E-state index contributed by atoms with van der Waals surface area (Å²) in [6.07, 6.45) is -2.77. The zero-order chi connectivity index (χ0) is 11.4. The van der Waals surface area contributed by atoms with Crippen molar-refractivity contribution in [3.8, 4) is 0 Å². The van der Waals surface area contributed by atoms with Gasteiger partial charge in [-0.05, 0) is 19.1 Å². The lowest BCUT2D eigenvalue weighted by atomic mass is 10.2. The number of esters is 1. The first-order valence-electron chi connectivity index (χ1n) is 4.17. The van der Waals surface area contributed by atoms with Crippen molar-refractivity contribution in [3.63, 3.8) is 0 Å². The minimum Gasteiger partial charge on any atom is -0.462 e. The Morgan fingerprint density at radius 2 is 2.27 bits per heavy atom. The van der Waals surface area contributed by atoms with Crippen LogP contribution in [0, 0.1) is 0 Å². The number of halogens is 3. The summed E-state index contributed by atoms with van der Waals surface area (Å²) in [6, 6.07) is 2.15. The van der Waals surface area contributed by atoms with E-state index in [1.54, 1.807) is 6.92 Å². The number of ether oxygens (including phenoxy) is 1. The molecule has 0 aromatic carbocycles. The van der Waals surface area contributed by atoms with Crippen molar-refractivity contribution in [2.75, 3.05) is 6.61 Å². The molecule has 0 aliphatic heterocycles. The summed E-state index contributed by atoms with van der Waals surface area (Å²) < 4.78 is 29.3. The predicted octanol–water partition coefficient (Wildman–Crippen LogP) is 2.85. The van der Waals surface area contributed by atoms with Gasteiger partial charge in [-0.25, -0.2) is 18.6 Å². The van der Waals surface area contributed by atoms with Crippen molar-refractivity contribution in [2.24, 2.45) is 0 Å². The molecule has 0 atom stereocenters. The molecule has 0 spiro atoms. The molecule has 1 heterocycles. The summed E-state index contributed by atoms with van der Waals surface area (Å²) >= 11 is 5.49. The minimum atomic E-state index is -2.77. The molecule has 0 radical (unpaired) electrons. The second kappa shape index (κ2) is 5.02. The third-order valence-electron chi connectivity index (χ3n) is 1.55. The van der Waals surface area contributed by atoms with Gasteiger partial charge in [-0.15, -0.1) is 0 Å². The molecule has 1 aromatic rings. The quantitative estimate of drug-likeness (QED) is 0.597. The van der Waals surface area contributed by atoms with Crippen LogP contribution in [-0.2, 0) is 4.74 Å². The molecule has 0 unspecified atom stereocenters. The van der Waals surface area contributed by atoms with Crippen LogP contribution in [0.5, 0.6) is 0 Å². The Morgan fingerprint density at radius 3 is 2.80 bits per heavy atom. The highest BCUT2D eigenvalue weighted by molar-refractivity contribution is 6.29. The van der Waals surface area contributed by atoms with Crippen LogP contribution >= 0.6 is 11.6 Å². The number of carbonyl (C=O) groups excluding carboxylic acids is 1. The standard InChI is InChI=1S/C9H8ClF2NO2/c1-2-15-9(14)5-3-6(8(11)12)13-7(10)4-5/h3-4,8H,2H2,1H3. The number of hydrogen-bond donors (Lipinski definition) is 0. The van der Waals surface area contributed by atoms with E-state index in [9.17, 15) is 13.6 Å². The van der Waals surface area contributed by atoms with Gasteiger partial charge < -0.3 is 4.74 Å². The lowest BCUT2D eigenvalue weighted by molar-refractivity contribution is 0.0525. The Kier molecular flexibility index (Phi) is 3.96. The lowest BCUT2D eigenvalue weighted by Gasteiger charge is -2.04.